The van der Waals surface area contributed by atoms with Crippen molar-refractivity contribution in [3.8, 4) is 5.75 Å². The summed E-state index contributed by atoms with van der Waals surface area (Å²) in [7, 11) is 3.64. The number of carbonyl (C=O) groups is 2. The number of piperidine rings is 1. The number of para-hydroxylation sites is 1. The molecule has 0 radical (unpaired) electrons. The number of ketones is 1. The highest BCUT2D eigenvalue weighted by atomic mass is 16.5. The second kappa shape index (κ2) is 5.13. The van der Waals surface area contributed by atoms with E-state index in [0.717, 1.165) is 41.7 Å². The van der Waals surface area contributed by atoms with Crippen LogP contribution >= 0.6 is 0 Å². The van der Waals surface area contributed by atoms with E-state index in [0.29, 0.717) is 11.3 Å². The van der Waals surface area contributed by atoms with Crippen molar-refractivity contribution < 1.29 is 23.9 Å². The van der Waals surface area contributed by atoms with Crippen molar-refractivity contribution in [1.82, 2.24) is 0 Å². The van der Waals surface area contributed by atoms with E-state index >= 15 is 0 Å². The number of methoxy groups -OCH3 is 1. The topological polar surface area (TPSA) is 75.6 Å². The molecule has 2 N–H and O–H groups in total. The molecular formula is C21H25N2O4+. The van der Waals surface area contributed by atoms with Gasteiger partial charge < -0.3 is 19.6 Å². The molecule has 6 heteroatoms. The van der Waals surface area contributed by atoms with Gasteiger partial charge in [-0.15, -0.1) is 0 Å². The molecule has 0 amide bonds. The molecule has 0 saturated carbocycles. The van der Waals surface area contributed by atoms with E-state index in [4.69, 9.17) is 4.74 Å². The molecule has 4 aliphatic rings. The number of fused-ring (bicyclic) bond motifs is 2. The Bertz CT molecular complexity index is 923. The lowest BCUT2D eigenvalue weighted by Gasteiger charge is -2.53. The second-order valence-corrected chi connectivity index (χ2v) is 8.79. The number of ether oxygens (including phenoxy) is 1. The molecule has 1 aliphatic carbocycles. The average molecular weight is 369 g/mol. The van der Waals surface area contributed by atoms with Crippen molar-refractivity contribution in [1.29, 1.82) is 0 Å². The first-order valence-corrected chi connectivity index (χ1v) is 9.60. The Kier molecular flexibility index (Phi) is 3.19. The highest BCUT2D eigenvalue weighted by Crippen LogP contribution is 2.64. The van der Waals surface area contributed by atoms with Gasteiger partial charge in [0.15, 0.2) is 0 Å². The highest BCUT2D eigenvalue weighted by Gasteiger charge is 2.69. The van der Waals surface area contributed by atoms with Crippen molar-refractivity contribution in [3.05, 3.63) is 35.0 Å². The number of phenols is 1. The SMILES string of the molecule is COC(=O)C1=C2Nc3c(O)cccc3[C@]23CC[N+]2(C)C[C@H](C(C)=O)[C@H]1C[C@H]32. The van der Waals surface area contributed by atoms with Crippen LogP contribution in [0.1, 0.15) is 25.3 Å². The first kappa shape index (κ1) is 16.8. The van der Waals surface area contributed by atoms with Gasteiger partial charge in [0.2, 0.25) is 0 Å². The van der Waals surface area contributed by atoms with Crippen molar-refractivity contribution in [3.63, 3.8) is 0 Å². The number of phenolic OH excluding ortho intramolecular Hbond substituents is 1. The molecular weight excluding hydrogens is 344 g/mol. The van der Waals surface area contributed by atoms with Gasteiger partial charge in [0.05, 0.1) is 49.8 Å². The first-order valence-electron chi connectivity index (χ1n) is 9.60. The van der Waals surface area contributed by atoms with Crippen LogP contribution in [0.2, 0.25) is 0 Å². The summed E-state index contributed by atoms with van der Waals surface area (Å²) in [4.78, 5) is 25.4. The van der Waals surface area contributed by atoms with E-state index in [9.17, 15) is 14.7 Å². The molecule has 1 aromatic rings. The molecule has 3 aliphatic heterocycles. The van der Waals surface area contributed by atoms with E-state index < -0.39 is 0 Å². The molecule has 0 aromatic heterocycles. The van der Waals surface area contributed by atoms with Crippen LogP contribution in [0.4, 0.5) is 5.69 Å². The van der Waals surface area contributed by atoms with Crippen LogP contribution in [0.15, 0.2) is 29.5 Å². The van der Waals surface area contributed by atoms with Gasteiger partial charge in [-0.1, -0.05) is 12.1 Å². The molecule has 5 atom stereocenters. The predicted molar refractivity (Wildman–Crippen MR) is 99.1 cm³/mol. The predicted octanol–water partition coefficient (Wildman–Crippen LogP) is 1.94. The van der Waals surface area contributed by atoms with Crippen LogP contribution in [0.5, 0.6) is 5.75 Å². The average Bonchev–Trinajstić information content (AvgIpc) is 3.15. The molecule has 2 bridgehead atoms. The van der Waals surface area contributed by atoms with Crippen LogP contribution < -0.4 is 5.32 Å². The number of hydrogen-bond donors (Lipinski definition) is 2. The number of esters is 1. The van der Waals surface area contributed by atoms with Gasteiger partial charge in [-0.2, -0.15) is 0 Å². The lowest BCUT2D eigenvalue weighted by atomic mass is 9.59. The van der Waals surface area contributed by atoms with Crippen molar-refractivity contribution in [2.75, 3.05) is 32.6 Å². The molecule has 2 saturated heterocycles. The fraction of sp³-hybridized carbons (Fsp3) is 0.524. The minimum absolute atomic E-state index is 0.128. The monoisotopic (exact) mass is 369 g/mol. The van der Waals surface area contributed by atoms with Gasteiger partial charge in [0, 0.05) is 24.5 Å². The molecule has 3 heterocycles. The van der Waals surface area contributed by atoms with Crippen molar-refractivity contribution in [2.24, 2.45) is 11.8 Å². The number of aromatic hydroxyl groups is 1. The normalized spacial score (nSPS) is 38.1. The number of rotatable bonds is 2. The number of likely N-dealkylation sites (N-methyl/N-ethyl adjacent to an activating group) is 1. The van der Waals surface area contributed by atoms with E-state index in [1.54, 1.807) is 13.0 Å². The molecule has 1 unspecified atom stereocenters. The zero-order valence-corrected chi connectivity index (χ0v) is 15.9. The Morgan fingerprint density at radius 1 is 1.37 bits per heavy atom. The minimum Gasteiger partial charge on any atom is -0.506 e. The zero-order valence-electron chi connectivity index (χ0n) is 15.9. The molecule has 1 spiro atoms. The summed E-state index contributed by atoms with van der Waals surface area (Å²) in [5, 5.41) is 13.9. The third-order valence-electron chi connectivity index (χ3n) is 7.70. The summed E-state index contributed by atoms with van der Waals surface area (Å²) in [6, 6.07) is 5.90. The summed E-state index contributed by atoms with van der Waals surface area (Å²) < 4.78 is 6.00. The Morgan fingerprint density at radius 3 is 2.85 bits per heavy atom. The number of quaternary nitrogens is 1. The zero-order chi connectivity index (χ0) is 19.1. The maximum Gasteiger partial charge on any atom is 0.335 e. The van der Waals surface area contributed by atoms with E-state index in [1.807, 2.05) is 6.07 Å². The van der Waals surface area contributed by atoms with Crippen LogP contribution in [0, 0.1) is 11.8 Å². The highest BCUT2D eigenvalue weighted by molar-refractivity contribution is 5.95. The number of carbonyl (C=O) groups excluding carboxylic acids is 2. The van der Waals surface area contributed by atoms with E-state index in [-0.39, 0.29) is 40.8 Å². The summed E-state index contributed by atoms with van der Waals surface area (Å²) >= 11 is 0. The largest absolute Gasteiger partial charge is 0.506 e. The van der Waals surface area contributed by atoms with Crippen molar-refractivity contribution >= 4 is 17.4 Å². The van der Waals surface area contributed by atoms with Gasteiger partial charge in [0.25, 0.3) is 0 Å². The summed E-state index contributed by atoms with van der Waals surface area (Å²) in [5.41, 5.74) is 2.93. The fourth-order valence-electron chi connectivity index (χ4n) is 6.55. The summed E-state index contributed by atoms with van der Waals surface area (Å²) in [5.74, 6) is -0.328. The van der Waals surface area contributed by atoms with Crippen LogP contribution in [0.25, 0.3) is 0 Å². The van der Waals surface area contributed by atoms with Crippen LogP contribution in [0.3, 0.4) is 0 Å². The quantitative estimate of drug-likeness (QED) is 0.473. The number of nitrogens with one attached hydrogen (secondary N) is 1. The lowest BCUT2D eigenvalue weighted by molar-refractivity contribution is -0.931. The van der Waals surface area contributed by atoms with Gasteiger partial charge in [0.1, 0.15) is 17.6 Å². The molecule has 142 valence electrons. The second-order valence-electron chi connectivity index (χ2n) is 8.79. The molecule has 6 nitrogen and oxygen atoms in total. The Morgan fingerprint density at radius 2 is 2.15 bits per heavy atom. The molecule has 1 aromatic carbocycles. The van der Waals surface area contributed by atoms with Crippen LogP contribution in [-0.4, -0.2) is 54.6 Å². The maximum absolute atomic E-state index is 12.9. The Hall–Kier alpha value is -2.34. The fourth-order valence-corrected chi connectivity index (χ4v) is 6.55. The molecule has 27 heavy (non-hydrogen) atoms. The molecule has 2 fully saturated rings. The van der Waals surface area contributed by atoms with E-state index in [2.05, 4.69) is 18.4 Å². The first-order chi connectivity index (χ1) is 12.8. The minimum atomic E-state index is -0.359. The molecule has 5 rings (SSSR count). The number of anilines is 1. The number of nitrogens with zero attached hydrogens (tertiary/aromatic N) is 1. The number of Topliss-reactive ketones (excluding diaryl/α,β-unsaturated/α-hetero) is 1. The van der Waals surface area contributed by atoms with E-state index in [1.165, 1.54) is 7.11 Å². The smallest absolute Gasteiger partial charge is 0.335 e. The van der Waals surface area contributed by atoms with Crippen LogP contribution in [-0.2, 0) is 19.7 Å². The standard InChI is InChI=1S/C21H24N2O4/c1-11(24)13-10-23(2)8-7-21-14-5-4-6-15(25)18(14)22-19(21)17(20(26)27-3)12(13)9-16(21)23/h4-6,12-13,16H,7-10H2,1-3H3,(H-,22,25,26)/p+1/t12-,13-,16-,21+,23?/m1/s1. The maximum atomic E-state index is 12.9. The van der Waals surface area contributed by atoms with Gasteiger partial charge in [-0.05, 0) is 18.6 Å². The Balaban J connectivity index is 1.83. The van der Waals surface area contributed by atoms with Gasteiger partial charge >= 0.3 is 5.97 Å². The van der Waals surface area contributed by atoms with Gasteiger partial charge in [-0.3, -0.25) is 4.79 Å². The van der Waals surface area contributed by atoms with Crippen molar-refractivity contribution in [2.45, 2.75) is 31.2 Å². The Labute approximate surface area is 158 Å². The number of benzene rings is 1. The number of hydrogen-bond acceptors (Lipinski definition) is 5. The third-order valence-corrected chi connectivity index (χ3v) is 7.70. The summed E-state index contributed by atoms with van der Waals surface area (Å²) in [6.45, 7) is 3.35. The lowest BCUT2D eigenvalue weighted by Crippen LogP contribution is -2.64. The summed E-state index contributed by atoms with van der Waals surface area (Å²) in [6.07, 6.45) is 1.69. The third kappa shape index (κ3) is 1.84. The van der Waals surface area contributed by atoms with Gasteiger partial charge in [-0.25, -0.2) is 4.79 Å².